The highest BCUT2D eigenvalue weighted by Gasteiger charge is 2.37. The number of benzene rings is 3. The fourth-order valence-electron chi connectivity index (χ4n) is 4.48. The van der Waals surface area contributed by atoms with Crippen LogP contribution in [0.4, 0.5) is 4.39 Å². The molecule has 1 aliphatic heterocycles. The molecule has 0 radical (unpaired) electrons. The predicted octanol–water partition coefficient (Wildman–Crippen LogP) is 3.13. The van der Waals surface area contributed by atoms with Gasteiger partial charge in [-0.3, -0.25) is 5.01 Å². The first kappa shape index (κ1) is 17.1. The van der Waals surface area contributed by atoms with Gasteiger partial charge in [-0.1, -0.05) is 60.7 Å². The van der Waals surface area contributed by atoms with Gasteiger partial charge in [0.05, 0.1) is 32.4 Å². The van der Waals surface area contributed by atoms with Crippen LogP contribution in [0.15, 0.2) is 77.9 Å². The molecule has 0 amide bonds. The first-order valence-corrected chi connectivity index (χ1v) is 9.87. The molecule has 0 aromatic heterocycles. The van der Waals surface area contributed by atoms with Gasteiger partial charge in [0.1, 0.15) is 11.9 Å². The van der Waals surface area contributed by atoms with Crippen LogP contribution in [0.5, 0.6) is 0 Å². The standard InChI is InChI=1S/C24H22FN3/c25-19-11-9-18(10-12-19)17-26-28-15-13-27(14-16-28)24-22-7-3-1-5-20(22)21-6-2-4-8-23(21)24/h1-12,17,24H,13-16H2/p+1/b26-17-. The highest BCUT2D eigenvalue weighted by atomic mass is 19.1. The lowest BCUT2D eigenvalue weighted by atomic mass is 10.0. The summed E-state index contributed by atoms with van der Waals surface area (Å²) in [5, 5.41) is 6.73. The van der Waals surface area contributed by atoms with E-state index >= 15 is 0 Å². The Morgan fingerprint density at radius 1 is 0.821 bits per heavy atom. The molecule has 140 valence electrons. The summed E-state index contributed by atoms with van der Waals surface area (Å²) in [4.78, 5) is 1.60. The molecule has 1 heterocycles. The molecule has 0 saturated carbocycles. The van der Waals surface area contributed by atoms with Crippen LogP contribution in [-0.4, -0.2) is 37.4 Å². The zero-order valence-corrected chi connectivity index (χ0v) is 15.7. The number of nitrogens with zero attached hydrogens (tertiary/aromatic N) is 2. The molecule has 0 unspecified atom stereocenters. The molecule has 4 heteroatoms. The van der Waals surface area contributed by atoms with Crippen molar-refractivity contribution in [1.82, 2.24) is 5.01 Å². The lowest BCUT2D eigenvalue weighted by molar-refractivity contribution is -0.929. The van der Waals surface area contributed by atoms with E-state index in [0.717, 1.165) is 31.7 Å². The predicted molar refractivity (Wildman–Crippen MR) is 110 cm³/mol. The van der Waals surface area contributed by atoms with Gasteiger partial charge < -0.3 is 4.90 Å². The maximum Gasteiger partial charge on any atom is 0.140 e. The van der Waals surface area contributed by atoms with Gasteiger partial charge in [0.15, 0.2) is 0 Å². The number of hydrogen-bond acceptors (Lipinski definition) is 2. The second-order valence-corrected chi connectivity index (χ2v) is 7.52. The molecular formula is C24H23FN3+. The Kier molecular flexibility index (Phi) is 4.41. The topological polar surface area (TPSA) is 20.0 Å². The van der Waals surface area contributed by atoms with E-state index in [-0.39, 0.29) is 5.82 Å². The second-order valence-electron chi connectivity index (χ2n) is 7.52. The van der Waals surface area contributed by atoms with E-state index in [4.69, 9.17) is 0 Å². The Hall–Kier alpha value is -2.98. The highest BCUT2D eigenvalue weighted by molar-refractivity contribution is 5.79. The smallest absolute Gasteiger partial charge is 0.140 e. The zero-order chi connectivity index (χ0) is 18.9. The third-order valence-corrected chi connectivity index (χ3v) is 5.86. The zero-order valence-electron chi connectivity index (χ0n) is 15.7. The number of hydrazone groups is 1. The third kappa shape index (κ3) is 3.10. The van der Waals surface area contributed by atoms with E-state index in [1.807, 2.05) is 6.21 Å². The lowest BCUT2D eigenvalue weighted by Gasteiger charge is -2.34. The summed E-state index contributed by atoms with van der Waals surface area (Å²) in [6.07, 6.45) is 1.82. The van der Waals surface area contributed by atoms with E-state index in [1.165, 1.54) is 34.4 Å². The van der Waals surface area contributed by atoms with Gasteiger partial charge in [0.2, 0.25) is 0 Å². The van der Waals surface area contributed by atoms with Crippen LogP contribution in [0.25, 0.3) is 11.1 Å². The number of quaternary nitrogens is 1. The maximum atomic E-state index is 13.0. The molecule has 0 spiro atoms. The number of piperazine rings is 1. The quantitative estimate of drug-likeness (QED) is 0.701. The Balaban J connectivity index is 1.31. The SMILES string of the molecule is Fc1ccc(/C=N\N2CC[NH+](C3c4ccccc4-c4ccccc43)CC2)cc1. The number of rotatable bonds is 3. The summed E-state index contributed by atoms with van der Waals surface area (Å²) in [5.74, 6) is -0.216. The number of fused-ring (bicyclic) bond motifs is 3. The van der Waals surface area contributed by atoms with Crippen molar-refractivity contribution in [2.24, 2.45) is 5.10 Å². The molecular weight excluding hydrogens is 349 g/mol. The number of halogens is 1. The molecule has 3 aromatic rings. The van der Waals surface area contributed by atoms with E-state index < -0.39 is 0 Å². The fraction of sp³-hybridized carbons (Fsp3) is 0.208. The van der Waals surface area contributed by atoms with Gasteiger partial charge in [-0.25, -0.2) is 4.39 Å². The molecule has 1 N–H and O–H groups in total. The van der Waals surface area contributed by atoms with E-state index in [0.29, 0.717) is 6.04 Å². The third-order valence-electron chi connectivity index (χ3n) is 5.86. The van der Waals surface area contributed by atoms with Gasteiger partial charge in [-0.05, 0) is 28.8 Å². The minimum absolute atomic E-state index is 0.216. The maximum absolute atomic E-state index is 13.0. The van der Waals surface area contributed by atoms with Crippen LogP contribution in [0.3, 0.4) is 0 Å². The van der Waals surface area contributed by atoms with Gasteiger partial charge in [0.25, 0.3) is 0 Å². The molecule has 1 fully saturated rings. The minimum atomic E-state index is -0.216. The van der Waals surface area contributed by atoms with E-state index in [9.17, 15) is 4.39 Å². The second kappa shape index (κ2) is 7.21. The first-order valence-electron chi connectivity index (χ1n) is 9.87. The Morgan fingerprint density at radius 2 is 1.39 bits per heavy atom. The van der Waals surface area contributed by atoms with Crippen molar-refractivity contribution < 1.29 is 9.29 Å². The summed E-state index contributed by atoms with van der Waals surface area (Å²) in [5.41, 5.74) is 6.58. The van der Waals surface area contributed by atoms with Crippen LogP contribution in [0.2, 0.25) is 0 Å². The highest BCUT2D eigenvalue weighted by Crippen LogP contribution is 2.41. The number of nitrogens with one attached hydrogen (secondary N) is 1. The van der Waals surface area contributed by atoms with Crippen molar-refractivity contribution >= 4 is 6.21 Å². The van der Waals surface area contributed by atoms with E-state index in [2.05, 4.69) is 58.6 Å². The van der Waals surface area contributed by atoms with Gasteiger partial charge in [-0.2, -0.15) is 5.10 Å². The monoisotopic (exact) mass is 372 g/mol. The molecule has 3 aromatic carbocycles. The van der Waals surface area contributed by atoms with Crippen LogP contribution >= 0.6 is 0 Å². The van der Waals surface area contributed by atoms with Crippen molar-refractivity contribution in [2.45, 2.75) is 6.04 Å². The molecule has 2 aliphatic rings. The summed E-state index contributed by atoms with van der Waals surface area (Å²) >= 11 is 0. The van der Waals surface area contributed by atoms with Crippen molar-refractivity contribution in [3.8, 4) is 11.1 Å². The summed E-state index contributed by atoms with van der Waals surface area (Å²) in [7, 11) is 0. The van der Waals surface area contributed by atoms with Crippen LogP contribution < -0.4 is 4.90 Å². The number of hydrogen-bond donors (Lipinski definition) is 1. The van der Waals surface area contributed by atoms with E-state index in [1.54, 1.807) is 17.0 Å². The van der Waals surface area contributed by atoms with Crippen molar-refractivity contribution in [2.75, 3.05) is 26.2 Å². The van der Waals surface area contributed by atoms with Crippen molar-refractivity contribution in [3.63, 3.8) is 0 Å². The Morgan fingerprint density at radius 3 is 2.00 bits per heavy atom. The average Bonchev–Trinajstić information content (AvgIpc) is 3.08. The van der Waals surface area contributed by atoms with Gasteiger partial charge in [-0.15, -0.1) is 0 Å². The van der Waals surface area contributed by atoms with Crippen molar-refractivity contribution in [3.05, 3.63) is 95.3 Å². The van der Waals surface area contributed by atoms with Crippen LogP contribution in [0.1, 0.15) is 22.7 Å². The van der Waals surface area contributed by atoms with Crippen LogP contribution in [0, 0.1) is 5.82 Å². The molecule has 0 bridgehead atoms. The molecule has 3 nitrogen and oxygen atoms in total. The molecule has 1 saturated heterocycles. The fourth-order valence-corrected chi connectivity index (χ4v) is 4.48. The molecule has 28 heavy (non-hydrogen) atoms. The Labute approximate surface area is 164 Å². The molecule has 0 atom stereocenters. The van der Waals surface area contributed by atoms with Crippen molar-refractivity contribution in [1.29, 1.82) is 0 Å². The first-order chi connectivity index (χ1) is 13.8. The lowest BCUT2D eigenvalue weighted by Crippen LogP contribution is -3.14. The largest absolute Gasteiger partial charge is 0.322 e. The minimum Gasteiger partial charge on any atom is -0.322 e. The average molecular weight is 372 g/mol. The molecule has 1 aliphatic carbocycles. The normalized spacial score (nSPS) is 17.1. The summed E-state index contributed by atoms with van der Waals surface area (Å²) in [6, 6.07) is 24.5. The van der Waals surface area contributed by atoms with Gasteiger partial charge >= 0.3 is 0 Å². The molecule has 5 rings (SSSR count). The van der Waals surface area contributed by atoms with Gasteiger partial charge in [0, 0.05) is 11.1 Å². The summed E-state index contributed by atoms with van der Waals surface area (Å²) < 4.78 is 13.0. The Bertz CT molecular complexity index is 959. The van der Waals surface area contributed by atoms with Crippen LogP contribution in [-0.2, 0) is 0 Å². The summed E-state index contributed by atoms with van der Waals surface area (Å²) in [6.45, 7) is 3.95.